The third-order valence-electron chi connectivity index (χ3n) is 2.58. The summed E-state index contributed by atoms with van der Waals surface area (Å²) in [6, 6.07) is 5.93. The van der Waals surface area contributed by atoms with Crippen LogP contribution in [-0.2, 0) is 24.2 Å². The highest BCUT2D eigenvalue weighted by atomic mass is 16.4. The Labute approximate surface area is 82.8 Å². The second kappa shape index (κ2) is 3.80. The molecule has 0 fully saturated rings. The summed E-state index contributed by atoms with van der Waals surface area (Å²) in [6.07, 6.45) is 1.13. The van der Waals surface area contributed by atoms with Gasteiger partial charge in [-0.1, -0.05) is 18.2 Å². The molecule has 0 aliphatic carbocycles. The van der Waals surface area contributed by atoms with Crippen LogP contribution in [0.5, 0.6) is 0 Å². The van der Waals surface area contributed by atoms with E-state index in [-0.39, 0.29) is 6.42 Å². The third kappa shape index (κ3) is 1.77. The third-order valence-corrected chi connectivity index (χ3v) is 2.58. The highest BCUT2D eigenvalue weighted by Gasteiger charge is 2.13. The minimum Gasteiger partial charge on any atom is -0.481 e. The van der Waals surface area contributed by atoms with Crippen molar-refractivity contribution in [3.05, 3.63) is 34.9 Å². The number of carboxylic acids is 1. The van der Waals surface area contributed by atoms with Crippen LogP contribution in [0.2, 0.25) is 0 Å². The van der Waals surface area contributed by atoms with Crippen molar-refractivity contribution in [1.82, 2.24) is 5.32 Å². The highest BCUT2D eigenvalue weighted by Crippen LogP contribution is 2.18. The first-order chi connectivity index (χ1) is 6.77. The van der Waals surface area contributed by atoms with Crippen LogP contribution in [0.4, 0.5) is 0 Å². The molecule has 0 atom stereocenters. The standard InChI is InChI=1S/C11H13NO2/c13-11(14)6-9-3-1-2-8-4-5-12-7-10(8)9/h1-3,12H,4-7H2,(H,13,14). The van der Waals surface area contributed by atoms with Gasteiger partial charge in [-0.15, -0.1) is 0 Å². The van der Waals surface area contributed by atoms with Crippen molar-refractivity contribution in [2.75, 3.05) is 6.54 Å². The molecule has 3 nitrogen and oxygen atoms in total. The molecule has 1 aliphatic rings. The topological polar surface area (TPSA) is 49.3 Å². The zero-order valence-corrected chi connectivity index (χ0v) is 7.92. The summed E-state index contributed by atoms with van der Waals surface area (Å²) in [6.45, 7) is 1.79. The number of hydrogen-bond acceptors (Lipinski definition) is 2. The van der Waals surface area contributed by atoms with Crippen molar-refractivity contribution in [3.63, 3.8) is 0 Å². The quantitative estimate of drug-likeness (QED) is 0.732. The van der Waals surface area contributed by atoms with E-state index >= 15 is 0 Å². The molecule has 2 rings (SSSR count). The van der Waals surface area contributed by atoms with Crippen molar-refractivity contribution in [2.24, 2.45) is 0 Å². The van der Waals surface area contributed by atoms with Gasteiger partial charge in [-0.2, -0.15) is 0 Å². The molecular weight excluding hydrogens is 178 g/mol. The van der Waals surface area contributed by atoms with E-state index < -0.39 is 5.97 Å². The predicted octanol–water partition coefficient (Wildman–Crippen LogP) is 0.959. The van der Waals surface area contributed by atoms with E-state index in [0.29, 0.717) is 0 Å². The molecule has 0 unspecified atom stereocenters. The molecule has 0 saturated carbocycles. The molecule has 3 heteroatoms. The number of carboxylic acid groups (broad SMARTS) is 1. The Morgan fingerprint density at radius 2 is 2.36 bits per heavy atom. The minimum atomic E-state index is -0.760. The molecule has 1 heterocycles. The molecule has 0 spiro atoms. The first-order valence-electron chi connectivity index (χ1n) is 4.79. The van der Waals surface area contributed by atoms with Crippen molar-refractivity contribution < 1.29 is 9.90 Å². The van der Waals surface area contributed by atoms with Crippen LogP contribution in [-0.4, -0.2) is 17.6 Å². The zero-order chi connectivity index (χ0) is 9.97. The van der Waals surface area contributed by atoms with Crippen LogP contribution in [0.15, 0.2) is 18.2 Å². The molecule has 0 amide bonds. The van der Waals surface area contributed by atoms with Gasteiger partial charge in [0.05, 0.1) is 6.42 Å². The van der Waals surface area contributed by atoms with Gasteiger partial charge in [-0.05, 0) is 29.7 Å². The van der Waals surface area contributed by atoms with Gasteiger partial charge in [-0.25, -0.2) is 0 Å². The average molecular weight is 191 g/mol. The molecule has 1 aliphatic heterocycles. The predicted molar refractivity (Wildman–Crippen MR) is 53.2 cm³/mol. The number of fused-ring (bicyclic) bond motifs is 1. The fourth-order valence-corrected chi connectivity index (χ4v) is 1.91. The van der Waals surface area contributed by atoms with E-state index in [1.807, 2.05) is 12.1 Å². The number of rotatable bonds is 2. The molecule has 1 aromatic rings. The van der Waals surface area contributed by atoms with Crippen molar-refractivity contribution in [1.29, 1.82) is 0 Å². The van der Waals surface area contributed by atoms with E-state index in [1.54, 1.807) is 0 Å². The maximum absolute atomic E-state index is 10.6. The Hall–Kier alpha value is -1.35. The van der Waals surface area contributed by atoms with Gasteiger partial charge < -0.3 is 10.4 Å². The van der Waals surface area contributed by atoms with Crippen LogP contribution < -0.4 is 5.32 Å². The maximum Gasteiger partial charge on any atom is 0.307 e. The molecule has 0 radical (unpaired) electrons. The van der Waals surface area contributed by atoms with Gasteiger partial charge in [0.25, 0.3) is 0 Å². The summed E-state index contributed by atoms with van der Waals surface area (Å²) in [5, 5.41) is 12.0. The molecule has 0 bridgehead atoms. The van der Waals surface area contributed by atoms with Crippen LogP contribution in [0, 0.1) is 0 Å². The number of carbonyl (C=O) groups is 1. The lowest BCUT2D eigenvalue weighted by Gasteiger charge is -2.19. The van der Waals surface area contributed by atoms with Crippen LogP contribution in [0.25, 0.3) is 0 Å². The Kier molecular flexibility index (Phi) is 2.50. The number of nitrogens with one attached hydrogen (secondary N) is 1. The van der Waals surface area contributed by atoms with E-state index in [2.05, 4.69) is 11.4 Å². The zero-order valence-electron chi connectivity index (χ0n) is 7.92. The largest absolute Gasteiger partial charge is 0.481 e. The Morgan fingerprint density at radius 3 is 3.14 bits per heavy atom. The average Bonchev–Trinajstić information content (AvgIpc) is 2.18. The Morgan fingerprint density at radius 1 is 1.50 bits per heavy atom. The molecular formula is C11H13NO2. The monoisotopic (exact) mass is 191 g/mol. The maximum atomic E-state index is 10.6. The van der Waals surface area contributed by atoms with Gasteiger partial charge in [0.1, 0.15) is 0 Å². The molecule has 74 valence electrons. The van der Waals surface area contributed by atoms with Gasteiger partial charge in [-0.3, -0.25) is 4.79 Å². The van der Waals surface area contributed by atoms with Gasteiger partial charge in [0.2, 0.25) is 0 Å². The summed E-state index contributed by atoms with van der Waals surface area (Å²) in [5.74, 6) is -0.760. The summed E-state index contributed by atoms with van der Waals surface area (Å²) < 4.78 is 0. The fraction of sp³-hybridized carbons (Fsp3) is 0.364. The Bertz CT molecular complexity index is 360. The molecule has 14 heavy (non-hydrogen) atoms. The second-order valence-electron chi connectivity index (χ2n) is 3.55. The van der Waals surface area contributed by atoms with Gasteiger partial charge in [0.15, 0.2) is 0 Å². The smallest absolute Gasteiger partial charge is 0.307 e. The molecule has 0 saturated heterocycles. The van der Waals surface area contributed by atoms with Crippen molar-refractivity contribution in [3.8, 4) is 0 Å². The second-order valence-corrected chi connectivity index (χ2v) is 3.55. The van der Waals surface area contributed by atoms with Crippen LogP contribution in [0.3, 0.4) is 0 Å². The van der Waals surface area contributed by atoms with Crippen LogP contribution >= 0.6 is 0 Å². The number of benzene rings is 1. The Balaban J connectivity index is 2.35. The van der Waals surface area contributed by atoms with E-state index in [0.717, 1.165) is 25.1 Å². The molecule has 1 aromatic carbocycles. The fourth-order valence-electron chi connectivity index (χ4n) is 1.91. The van der Waals surface area contributed by atoms with Crippen molar-refractivity contribution >= 4 is 5.97 Å². The van der Waals surface area contributed by atoms with Crippen molar-refractivity contribution in [2.45, 2.75) is 19.4 Å². The number of hydrogen-bond donors (Lipinski definition) is 2. The number of aliphatic carboxylic acids is 1. The van der Waals surface area contributed by atoms with E-state index in [4.69, 9.17) is 5.11 Å². The molecule has 2 N–H and O–H groups in total. The van der Waals surface area contributed by atoms with E-state index in [9.17, 15) is 4.79 Å². The summed E-state index contributed by atoms with van der Waals surface area (Å²) in [5.41, 5.74) is 3.42. The van der Waals surface area contributed by atoms with Crippen LogP contribution in [0.1, 0.15) is 16.7 Å². The highest BCUT2D eigenvalue weighted by molar-refractivity contribution is 5.71. The minimum absolute atomic E-state index is 0.130. The van der Waals surface area contributed by atoms with E-state index in [1.165, 1.54) is 11.1 Å². The summed E-state index contributed by atoms with van der Waals surface area (Å²) >= 11 is 0. The van der Waals surface area contributed by atoms with Gasteiger partial charge in [0, 0.05) is 6.54 Å². The lowest BCUT2D eigenvalue weighted by molar-refractivity contribution is -0.136. The normalized spacial score (nSPS) is 14.9. The molecule has 0 aromatic heterocycles. The SMILES string of the molecule is O=C(O)Cc1cccc2c1CNCC2. The first kappa shape index (κ1) is 9.21. The van der Waals surface area contributed by atoms with Gasteiger partial charge >= 0.3 is 5.97 Å². The lowest BCUT2D eigenvalue weighted by Crippen LogP contribution is -2.25. The summed E-state index contributed by atoms with van der Waals surface area (Å²) in [7, 11) is 0. The summed E-state index contributed by atoms with van der Waals surface area (Å²) in [4.78, 5) is 10.6. The lowest BCUT2D eigenvalue weighted by atomic mass is 9.94. The first-order valence-corrected chi connectivity index (χ1v) is 4.79.